The second-order valence-corrected chi connectivity index (χ2v) is 6.28. The van der Waals surface area contributed by atoms with Crippen LogP contribution in [0, 0.1) is 0 Å². The predicted octanol–water partition coefficient (Wildman–Crippen LogP) is -0.699. The van der Waals surface area contributed by atoms with E-state index >= 15 is 0 Å². The van der Waals surface area contributed by atoms with Gasteiger partial charge >= 0.3 is 47.6 Å². The molecule has 0 heterocycles. The standard InChI is InChI=1S/C4H6O5S2.Na.H/c1-3-9-11(7,8)10(5,6)4-2;;/h3-4H,1-2H2;;. The molecular weight excluding hydrogens is 215 g/mol. The van der Waals surface area contributed by atoms with E-state index in [1.807, 2.05) is 0 Å². The minimum atomic E-state index is -4.62. The van der Waals surface area contributed by atoms with Crippen molar-refractivity contribution in [3.8, 4) is 0 Å². The quantitative estimate of drug-likeness (QED) is 0.357. The molecule has 0 amide bonds. The molecule has 0 N–H and O–H groups in total. The third kappa shape index (κ3) is 3.28. The third-order valence-corrected chi connectivity index (χ3v) is 4.37. The van der Waals surface area contributed by atoms with E-state index < -0.39 is 18.0 Å². The van der Waals surface area contributed by atoms with Gasteiger partial charge in [-0.1, -0.05) is 13.2 Å². The summed E-state index contributed by atoms with van der Waals surface area (Å²) < 4.78 is 45.9. The van der Waals surface area contributed by atoms with E-state index in [0.717, 1.165) is 0 Å². The molecule has 0 bridgehead atoms. The van der Waals surface area contributed by atoms with Crippen LogP contribution in [0.4, 0.5) is 0 Å². The summed E-state index contributed by atoms with van der Waals surface area (Å²) in [7, 11) is -9.04. The van der Waals surface area contributed by atoms with Gasteiger partial charge in [0.2, 0.25) is 0 Å². The molecule has 66 valence electrons. The summed E-state index contributed by atoms with van der Waals surface area (Å²) in [6.07, 6.45) is 0.510. The summed E-state index contributed by atoms with van der Waals surface area (Å²) in [5.41, 5.74) is 0. The molecule has 0 atom stereocenters. The summed E-state index contributed by atoms with van der Waals surface area (Å²) in [5.74, 6) is 0. The van der Waals surface area contributed by atoms with Crippen molar-refractivity contribution < 1.29 is 21.0 Å². The average molecular weight is 222 g/mol. The van der Waals surface area contributed by atoms with Gasteiger partial charge in [0.1, 0.15) is 6.26 Å². The van der Waals surface area contributed by atoms with Crippen LogP contribution in [-0.2, 0) is 22.2 Å². The maximum atomic E-state index is 10.5. The fourth-order valence-electron chi connectivity index (χ4n) is 0.221. The first-order chi connectivity index (χ1) is 4.87. The maximum absolute atomic E-state index is 10.5. The van der Waals surface area contributed by atoms with Crippen LogP contribution in [0.2, 0.25) is 0 Å². The predicted molar refractivity (Wildman–Crippen MR) is 46.5 cm³/mol. The number of hydrogen-bond acceptors (Lipinski definition) is 5. The molecule has 5 nitrogen and oxygen atoms in total. The Morgan fingerprint density at radius 2 is 1.50 bits per heavy atom. The molecule has 0 aromatic carbocycles. The van der Waals surface area contributed by atoms with E-state index in [9.17, 15) is 16.8 Å². The van der Waals surface area contributed by atoms with E-state index in [4.69, 9.17) is 0 Å². The van der Waals surface area contributed by atoms with Gasteiger partial charge in [0.05, 0.1) is 0 Å². The van der Waals surface area contributed by atoms with E-state index in [0.29, 0.717) is 6.26 Å². The molecule has 0 aliphatic heterocycles. The van der Waals surface area contributed by atoms with Crippen molar-refractivity contribution >= 4 is 47.6 Å². The Bertz CT molecular complexity index is 351. The molecule has 0 saturated carbocycles. The summed E-state index contributed by atoms with van der Waals surface area (Å²) in [6.45, 7) is 5.69. The van der Waals surface area contributed by atoms with E-state index in [1.165, 1.54) is 0 Å². The van der Waals surface area contributed by atoms with Gasteiger partial charge in [0.15, 0.2) is 0 Å². The Labute approximate surface area is 92.8 Å². The molecular formula is C4H7NaO5S2. The van der Waals surface area contributed by atoms with Crippen LogP contribution in [-0.4, -0.2) is 46.4 Å². The van der Waals surface area contributed by atoms with Crippen molar-refractivity contribution in [3.05, 3.63) is 24.8 Å². The summed E-state index contributed by atoms with van der Waals surface area (Å²) in [4.78, 5) is 0. The van der Waals surface area contributed by atoms with E-state index in [2.05, 4.69) is 17.3 Å². The molecule has 0 aromatic rings. The van der Waals surface area contributed by atoms with Crippen LogP contribution < -0.4 is 0 Å². The van der Waals surface area contributed by atoms with Crippen molar-refractivity contribution in [1.29, 1.82) is 0 Å². The number of rotatable bonds is 4. The van der Waals surface area contributed by atoms with Crippen molar-refractivity contribution in [2.24, 2.45) is 0 Å². The molecule has 0 unspecified atom stereocenters. The third-order valence-electron chi connectivity index (χ3n) is 0.675. The van der Waals surface area contributed by atoms with Crippen molar-refractivity contribution in [2.75, 3.05) is 0 Å². The van der Waals surface area contributed by atoms with Crippen LogP contribution in [0.5, 0.6) is 0 Å². The molecule has 0 aromatic heterocycles. The normalized spacial score (nSPS) is 11.0. The van der Waals surface area contributed by atoms with Gasteiger partial charge in [-0.2, -0.15) is 8.42 Å². The Kier molecular flexibility index (Phi) is 6.16. The summed E-state index contributed by atoms with van der Waals surface area (Å²) in [6, 6.07) is 0. The van der Waals surface area contributed by atoms with Crippen LogP contribution >= 0.6 is 0 Å². The van der Waals surface area contributed by atoms with Gasteiger partial charge in [0, 0.05) is 5.41 Å². The van der Waals surface area contributed by atoms with Gasteiger partial charge < -0.3 is 4.18 Å². The summed E-state index contributed by atoms with van der Waals surface area (Å²) >= 11 is 0. The molecule has 0 fully saturated rings. The molecule has 0 saturated heterocycles. The van der Waals surface area contributed by atoms with Gasteiger partial charge in [-0.25, -0.2) is 8.42 Å². The van der Waals surface area contributed by atoms with Crippen molar-refractivity contribution in [1.82, 2.24) is 0 Å². The first-order valence-electron chi connectivity index (χ1n) is 2.29. The molecule has 0 aliphatic rings. The van der Waals surface area contributed by atoms with E-state index in [1.54, 1.807) is 0 Å². The average Bonchev–Trinajstić information content (AvgIpc) is 1.87. The van der Waals surface area contributed by atoms with Crippen LogP contribution in [0.3, 0.4) is 0 Å². The zero-order valence-corrected chi connectivity index (χ0v) is 7.06. The topological polar surface area (TPSA) is 77.5 Å². The van der Waals surface area contributed by atoms with Gasteiger partial charge in [0.25, 0.3) is 0 Å². The number of hydrogen-bond donors (Lipinski definition) is 0. The van der Waals surface area contributed by atoms with Crippen LogP contribution in [0.25, 0.3) is 0 Å². The molecule has 0 rings (SSSR count). The zero-order chi connectivity index (χ0) is 9.12. The van der Waals surface area contributed by atoms with Crippen LogP contribution in [0.1, 0.15) is 0 Å². The first kappa shape index (κ1) is 14.7. The monoisotopic (exact) mass is 222 g/mol. The fraction of sp³-hybridized carbons (Fsp3) is 0. The first-order valence-corrected chi connectivity index (χ1v) is 5.76. The fourth-order valence-corrected chi connectivity index (χ4v) is 1.66. The van der Waals surface area contributed by atoms with Gasteiger partial charge in [-0.05, 0) is 0 Å². The molecule has 0 radical (unpaired) electrons. The van der Waals surface area contributed by atoms with E-state index in [-0.39, 0.29) is 35.0 Å². The molecule has 8 heteroatoms. The minimum absolute atomic E-state index is 0. The second-order valence-electron chi connectivity index (χ2n) is 1.33. The zero-order valence-electron chi connectivity index (χ0n) is 5.43. The van der Waals surface area contributed by atoms with Gasteiger partial charge in [-0.3, -0.25) is 0 Å². The summed E-state index contributed by atoms with van der Waals surface area (Å²) in [5, 5.41) is 0.284. The molecule has 12 heavy (non-hydrogen) atoms. The second kappa shape index (κ2) is 5.03. The Balaban J connectivity index is 0. The SMILES string of the molecule is C=COS(=O)(=O)S(=O)(=O)C=C.[NaH]. The molecule has 0 aliphatic carbocycles. The Morgan fingerprint density at radius 1 is 1.08 bits per heavy atom. The van der Waals surface area contributed by atoms with Crippen molar-refractivity contribution in [3.63, 3.8) is 0 Å². The Morgan fingerprint density at radius 3 is 1.75 bits per heavy atom. The van der Waals surface area contributed by atoms with Gasteiger partial charge in [-0.15, -0.1) is 0 Å². The van der Waals surface area contributed by atoms with Crippen LogP contribution in [0.15, 0.2) is 24.8 Å². The van der Waals surface area contributed by atoms with Crippen molar-refractivity contribution in [2.45, 2.75) is 0 Å². The molecule has 0 spiro atoms. The Hall–Kier alpha value is 0.180.